The van der Waals surface area contributed by atoms with Gasteiger partial charge in [0.2, 0.25) is 5.91 Å². The summed E-state index contributed by atoms with van der Waals surface area (Å²) in [7, 11) is 1.63. The van der Waals surface area contributed by atoms with Crippen LogP contribution in [0.25, 0.3) is 0 Å². The van der Waals surface area contributed by atoms with Crippen LogP contribution >= 0.6 is 0 Å². The Balaban J connectivity index is 1.68. The third-order valence-electron chi connectivity index (χ3n) is 2.97. The van der Waals surface area contributed by atoms with Crippen LogP contribution in [0.15, 0.2) is 59.7 Å². The Kier molecular flexibility index (Phi) is 5.99. The second-order valence-corrected chi connectivity index (χ2v) is 4.61. The highest BCUT2D eigenvalue weighted by Gasteiger charge is 1.99. The summed E-state index contributed by atoms with van der Waals surface area (Å²) in [5.74, 6) is 0.673. The lowest BCUT2D eigenvalue weighted by Crippen LogP contribution is -2.20. The van der Waals surface area contributed by atoms with Gasteiger partial charge in [-0.05, 0) is 29.8 Å². The molecule has 2 rings (SSSR count). The normalized spacial score (nSPS) is 10.4. The van der Waals surface area contributed by atoms with Gasteiger partial charge in [0.05, 0.1) is 13.3 Å². The Labute approximate surface area is 130 Å². The van der Waals surface area contributed by atoms with Gasteiger partial charge in [-0.25, -0.2) is 5.43 Å². The molecule has 0 saturated heterocycles. The Morgan fingerprint density at radius 1 is 1.14 bits per heavy atom. The van der Waals surface area contributed by atoms with Crippen molar-refractivity contribution in [3.63, 3.8) is 0 Å². The lowest BCUT2D eigenvalue weighted by atomic mass is 10.2. The number of nitrogens with one attached hydrogen (secondary N) is 2. The van der Waals surface area contributed by atoms with Crippen molar-refractivity contribution in [1.29, 1.82) is 0 Å². The highest BCUT2D eigenvalue weighted by molar-refractivity contribution is 5.82. The first kappa shape index (κ1) is 15.6. The van der Waals surface area contributed by atoms with E-state index in [1.807, 2.05) is 54.6 Å². The topological polar surface area (TPSA) is 62.7 Å². The molecule has 0 saturated carbocycles. The van der Waals surface area contributed by atoms with E-state index in [1.165, 1.54) is 0 Å². The fourth-order valence-corrected chi connectivity index (χ4v) is 1.80. The van der Waals surface area contributed by atoms with Crippen LogP contribution in [-0.2, 0) is 4.79 Å². The molecule has 5 heteroatoms. The Hall–Kier alpha value is -2.82. The number of rotatable bonds is 7. The van der Waals surface area contributed by atoms with Crippen molar-refractivity contribution in [2.45, 2.75) is 6.42 Å². The molecule has 0 aliphatic carbocycles. The van der Waals surface area contributed by atoms with E-state index in [-0.39, 0.29) is 5.91 Å². The molecule has 0 heterocycles. The number of hydrogen-bond acceptors (Lipinski definition) is 4. The number of hydrazone groups is 1. The Morgan fingerprint density at radius 2 is 1.86 bits per heavy atom. The minimum absolute atomic E-state index is 0.131. The zero-order valence-electron chi connectivity index (χ0n) is 12.5. The van der Waals surface area contributed by atoms with E-state index < -0.39 is 0 Å². The van der Waals surface area contributed by atoms with E-state index in [0.717, 1.165) is 17.0 Å². The van der Waals surface area contributed by atoms with Crippen molar-refractivity contribution in [3.05, 3.63) is 60.2 Å². The number of nitrogens with zero attached hydrogens (tertiary/aromatic N) is 1. The second kappa shape index (κ2) is 8.46. The predicted octanol–water partition coefficient (Wildman–Crippen LogP) is 2.65. The lowest BCUT2D eigenvalue weighted by Gasteiger charge is -2.06. The van der Waals surface area contributed by atoms with Gasteiger partial charge < -0.3 is 10.1 Å². The van der Waals surface area contributed by atoms with Gasteiger partial charge in [0.15, 0.2) is 0 Å². The largest absolute Gasteiger partial charge is 0.497 e. The molecule has 1 amide bonds. The summed E-state index contributed by atoms with van der Waals surface area (Å²) in [6.07, 6.45) is 1.97. The number of hydrogen-bond donors (Lipinski definition) is 2. The first-order valence-corrected chi connectivity index (χ1v) is 7.03. The molecular formula is C17H19N3O2. The summed E-state index contributed by atoms with van der Waals surface area (Å²) in [5, 5.41) is 7.09. The molecular weight excluding hydrogens is 278 g/mol. The lowest BCUT2D eigenvalue weighted by molar-refractivity contribution is -0.120. The maximum atomic E-state index is 11.6. The number of ether oxygens (including phenoxy) is 1. The third kappa shape index (κ3) is 5.28. The summed E-state index contributed by atoms with van der Waals surface area (Å²) in [6.45, 7) is 0.541. The molecule has 2 aromatic carbocycles. The first-order chi connectivity index (χ1) is 10.8. The van der Waals surface area contributed by atoms with Crippen LogP contribution < -0.4 is 15.5 Å². The van der Waals surface area contributed by atoms with E-state index >= 15 is 0 Å². The monoisotopic (exact) mass is 297 g/mol. The van der Waals surface area contributed by atoms with Gasteiger partial charge in [0.1, 0.15) is 5.75 Å². The molecule has 0 radical (unpaired) electrons. The minimum atomic E-state index is -0.131. The zero-order chi connectivity index (χ0) is 15.6. The summed E-state index contributed by atoms with van der Waals surface area (Å²) in [4.78, 5) is 11.6. The fourth-order valence-electron chi connectivity index (χ4n) is 1.80. The molecule has 0 aliphatic heterocycles. The van der Waals surface area contributed by atoms with Crippen molar-refractivity contribution in [3.8, 4) is 5.75 Å². The number of methoxy groups -OCH3 is 1. The third-order valence-corrected chi connectivity index (χ3v) is 2.97. The van der Waals surface area contributed by atoms with E-state index in [9.17, 15) is 4.79 Å². The van der Waals surface area contributed by atoms with Crippen LogP contribution in [0.5, 0.6) is 5.75 Å². The fraction of sp³-hybridized carbons (Fsp3) is 0.176. The van der Waals surface area contributed by atoms with Gasteiger partial charge in [0, 0.05) is 18.7 Å². The van der Waals surface area contributed by atoms with Crippen LogP contribution in [0.2, 0.25) is 0 Å². The maximum absolute atomic E-state index is 11.6. The Morgan fingerprint density at radius 3 is 2.55 bits per heavy atom. The molecule has 0 fully saturated rings. The number of anilines is 1. The standard InChI is InChI=1S/C17H19N3O2/c1-22-16-9-7-15(8-10-16)18-12-11-17(21)20-19-13-14-5-3-2-4-6-14/h2-10,13,18H,11-12H2,1H3,(H,20,21)/b19-13+. The van der Waals surface area contributed by atoms with E-state index in [1.54, 1.807) is 13.3 Å². The van der Waals surface area contributed by atoms with E-state index in [0.29, 0.717) is 13.0 Å². The number of amides is 1. The molecule has 114 valence electrons. The van der Waals surface area contributed by atoms with Crippen molar-refractivity contribution in [2.75, 3.05) is 19.0 Å². The van der Waals surface area contributed by atoms with Gasteiger partial charge in [0.25, 0.3) is 0 Å². The summed E-state index contributed by atoms with van der Waals surface area (Å²) in [5.41, 5.74) is 4.40. The number of carbonyl (C=O) groups excluding carboxylic acids is 1. The summed E-state index contributed by atoms with van der Waals surface area (Å²) >= 11 is 0. The highest BCUT2D eigenvalue weighted by atomic mass is 16.5. The highest BCUT2D eigenvalue weighted by Crippen LogP contribution is 2.14. The van der Waals surface area contributed by atoms with Crippen LogP contribution in [0, 0.1) is 0 Å². The van der Waals surface area contributed by atoms with Crippen molar-refractivity contribution in [1.82, 2.24) is 5.43 Å². The first-order valence-electron chi connectivity index (χ1n) is 7.03. The molecule has 22 heavy (non-hydrogen) atoms. The van der Waals surface area contributed by atoms with Crippen molar-refractivity contribution in [2.24, 2.45) is 5.10 Å². The van der Waals surface area contributed by atoms with Gasteiger partial charge >= 0.3 is 0 Å². The van der Waals surface area contributed by atoms with Crippen LogP contribution in [0.4, 0.5) is 5.69 Å². The maximum Gasteiger partial charge on any atom is 0.241 e. The molecule has 0 atom stereocenters. The quantitative estimate of drug-likeness (QED) is 0.610. The minimum Gasteiger partial charge on any atom is -0.497 e. The van der Waals surface area contributed by atoms with Crippen molar-refractivity contribution < 1.29 is 9.53 Å². The average Bonchev–Trinajstić information content (AvgIpc) is 2.56. The van der Waals surface area contributed by atoms with Crippen LogP contribution in [0.3, 0.4) is 0 Å². The predicted molar refractivity (Wildman–Crippen MR) is 88.3 cm³/mol. The molecule has 0 bridgehead atoms. The van der Waals surface area contributed by atoms with Crippen LogP contribution in [0.1, 0.15) is 12.0 Å². The zero-order valence-corrected chi connectivity index (χ0v) is 12.5. The Bertz CT molecular complexity index is 610. The van der Waals surface area contributed by atoms with E-state index in [2.05, 4.69) is 15.8 Å². The molecule has 0 unspecified atom stereocenters. The van der Waals surface area contributed by atoms with E-state index in [4.69, 9.17) is 4.74 Å². The molecule has 0 aliphatic rings. The van der Waals surface area contributed by atoms with Crippen molar-refractivity contribution >= 4 is 17.8 Å². The molecule has 2 N–H and O–H groups in total. The number of carbonyl (C=O) groups is 1. The average molecular weight is 297 g/mol. The van der Waals surface area contributed by atoms with Gasteiger partial charge in [-0.15, -0.1) is 0 Å². The van der Waals surface area contributed by atoms with Gasteiger partial charge in [-0.1, -0.05) is 30.3 Å². The molecule has 0 spiro atoms. The van der Waals surface area contributed by atoms with Gasteiger partial charge in [-0.2, -0.15) is 5.10 Å². The number of benzene rings is 2. The molecule has 2 aromatic rings. The SMILES string of the molecule is COc1ccc(NCCC(=O)N/N=C/c2ccccc2)cc1. The smallest absolute Gasteiger partial charge is 0.241 e. The summed E-state index contributed by atoms with van der Waals surface area (Å²) < 4.78 is 5.08. The molecule has 5 nitrogen and oxygen atoms in total. The second-order valence-electron chi connectivity index (χ2n) is 4.61. The molecule has 0 aromatic heterocycles. The van der Waals surface area contributed by atoms with Crippen LogP contribution in [-0.4, -0.2) is 25.8 Å². The van der Waals surface area contributed by atoms with Gasteiger partial charge in [-0.3, -0.25) is 4.79 Å². The summed E-state index contributed by atoms with van der Waals surface area (Å²) in [6, 6.07) is 17.2.